The van der Waals surface area contributed by atoms with Crippen molar-refractivity contribution in [1.29, 1.82) is 0 Å². The molecule has 0 atom stereocenters. The van der Waals surface area contributed by atoms with E-state index in [-0.39, 0.29) is 0 Å². The Morgan fingerprint density at radius 2 is 1.33 bits per heavy atom. The van der Waals surface area contributed by atoms with Gasteiger partial charge in [-0.05, 0) is 48.0 Å². The zero-order chi connectivity index (χ0) is 21.9. The number of rotatable bonds is 2. The second kappa shape index (κ2) is 7.09. The quantitative estimate of drug-likeness (QED) is 0.237. The van der Waals surface area contributed by atoms with Crippen LogP contribution in [0.5, 0.6) is 0 Å². The SMILES string of the molecule is Brc1cccc(-n2c3ccccc3c3cc(-c4cccc5c4oc4ccccc45)ccc32)c1. The summed E-state index contributed by atoms with van der Waals surface area (Å²) in [5.41, 5.74) is 7.66. The van der Waals surface area contributed by atoms with Crippen LogP contribution in [-0.4, -0.2) is 4.57 Å². The van der Waals surface area contributed by atoms with E-state index in [4.69, 9.17) is 4.42 Å². The van der Waals surface area contributed by atoms with E-state index in [9.17, 15) is 0 Å². The molecule has 2 heterocycles. The molecule has 3 heteroatoms. The molecule has 33 heavy (non-hydrogen) atoms. The van der Waals surface area contributed by atoms with E-state index in [1.54, 1.807) is 0 Å². The Hall–Kier alpha value is -3.82. The molecule has 0 unspecified atom stereocenters. The van der Waals surface area contributed by atoms with Crippen LogP contribution in [0.4, 0.5) is 0 Å². The summed E-state index contributed by atoms with van der Waals surface area (Å²) in [5.74, 6) is 0. The van der Waals surface area contributed by atoms with Gasteiger partial charge in [-0.1, -0.05) is 82.7 Å². The summed E-state index contributed by atoms with van der Waals surface area (Å²) >= 11 is 3.63. The molecule has 0 amide bonds. The average Bonchev–Trinajstić information content (AvgIpc) is 3.39. The summed E-state index contributed by atoms with van der Waals surface area (Å²) in [5, 5.41) is 4.78. The Kier molecular flexibility index (Phi) is 4.02. The molecular formula is C30H18BrNO. The van der Waals surface area contributed by atoms with Crippen molar-refractivity contribution in [3.63, 3.8) is 0 Å². The topological polar surface area (TPSA) is 18.1 Å². The lowest BCUT2D eigenvalue weighted by molar-refractivity contribution is 0.670. The maximum absolute atomic E-state index is 6.31. The minimum Gasteiger partial charge on any atom is -0.455 e. The molecule has 0 aliphatic carbocycles. The van der Waals surface area contributed by atoms with E-state index in [0.29, 0.717) is 0 Å². The standard InChI is InChI=1S/C30H18BrNO/c31-20-7-5-8-21(18-20)32-27-13-3-1-9-23(27)26-17-19(15-16-28(26)32)22-11-6-12-25-24-10-2-4-14-29(24)33-30(22)25/h1-18H. The van der Waals surface area contributed by atoms with Gasteiger partial charge >= 0.3 is 0 Å². The van der Waals surface area contributed by atoms with Gasteiger partial charge in [0.15, 0.2) is 0 Å². The van der Waals surface area contributed by atoms with Crippen molar-refractivity contribution in [2.45, 2.75) is 0 Å². The fraction of sp³-hybridized carbons (Fsp3) is 0. The largest absolute Gasteiger partial charge is 0.455 e. The van der Waals surface area contributed by atoms with E-state index in [0.717, 1.165) is 43.2 Å². The zero-order valence-electron chi connectivity index (χ0n) is 17.6. The van der Waals surface area contributed by atoms with E-state index in [2.05, 4.69) is 118 Å². The molecule has 5 aromatic carbocycles. The van der Waals surface area contributed by atoms with Crippen molar-refractivity contribution in [2.75, 3.05) is 0 Å². The van der Waals surface area contributed by atoms with Crippen molar-refractivity contribution in [3.05, 3.63) is 114 Å². The summed E-state index contributed by atoms with van der Waals surface area (Å²) in [7, 11) is 0. The number of aromatic nitrogens is 1. The van der Waals surface area contributed by atoms with Gasteiger partial charge in [-0.3, -0.25) is 0 Å². The lowest BCUT2D eigenvalue weighted by Gasteiger charge is -2.09. The van der Waals surface area contributed by atoms with Crippen LogP contribution in [0.25, 0.3) is 60.6 Å². The first-order chi connectivity index (χ1) is 16.3. The number of halogens is 1. The first-order valence-corrected chi connectivity index (χ1v) is 11.8. The van der Waals surface area contributed by atoms with Crippen LogP contribution in [0.2, 0.25) is 0 Å². The third kappa shape index (κ3) is 2.79. The molecule has 0 spiro atoms. The fourth-order valence-electron chi connectivity index (χ4n) is 5.01. The van der Waals surface area contributed by atoms with Gasteiger partial charge in [-0.25, -0.2) is 0 Å². The highest BCUT2D eigenvalue weighted by molar-refractivity contribution is 9.10. The molecule has 7 rings (SSSR count). The molecule has 7 aromatic rings. The second-order valence-corrected chi connectivity index (χ2v) is 9.26. The summed E-state index contributed by atoms with van der Waals surface area (Å²) in [4.78, 5) is 0. The Bertz CT molecular complexity index is 1840. The maximum atomic E-state index is 6.31. The first kappa shape index (κ1) is 18.7. The van der Waals surface area contributed by atoms with E-state index < -0.39 is 0 Å². The van der Waals surface area contributed by atoms with Crippen LogP contribution >= 0.6 is 15.9 Å². The number of hydrogen-bond acceptors (Lipinski definition) is 1. The lowest BCUT2D eigenvalue weighted by Crippen LogP contribution is -1.93. The molecule has 2 nitrogen and oxygen atoms in total. The van der Waals surface area contributed by atoms with Crippen LogP contribution in [0.3, 0.4) is 0 Å². The van der Waals surface area contributed by atoms with Crippen LogP contribution in [0, 0.1) is 0 Å². The highest BCUT2D eigenvalue weighted by atomic mass is 79.9. The molecule has 0 saturated carbocycles. The van der Waals surface area contributed by atoms with Gasteiger partial charge in [-0.2, -0.15) is 0 Å². The highest BCUT2D eigenvalue weighted by Crippen LogP contribution is 2.39. The average molecular weight is 488 g/mol. The smallest absolute Gasteiger partial charge is 0.143 e. The second-order valence-electron chi connectivity index (χ2n) is 8.34. The molecule has 0 aliphatic heterocycles. The third-order valence-corrected chi connectivity index (χ3v) is 6.95. The molecule has 0 bridgehead atoms. The van der Waals surface area contributed by atoms with Crippen molar-refractivity contribution < 1.29 is 4.42 Å². The van der Waals surface area contributed by atoms with Crippen molar-refractivity contribution in [2.24, 2.45) is 0 Å². The molecule has 0 radical (unpaired) electrons. The van der Waals surface area contributed by atoms with Crippen LogP contribution in [-0.2, 0) is 0 Å². The normalized spacial score (nSPS) is 11.8. The Labute approximate surface area is 198 Å². The van der Waals surface area contributed by atoms with Crippen molar-refractivity contribution in [3.8, 4) is 16.8 Å². The zero-order valence-corrected chi connectivity index (χ0v) is 19.2. The molecule has 156 valence electrons. The monoisotopic (exact) mass is 487 g/mol. The highest BCUT2D eigenvalue weighted by Gasteiger charge is 2.16. The number of fused-ring (bicyclic) bond motifs is 6. The van der Waals surface area contributed by atoms with Crippen molar-refractivity contribution in [1.82, 2.24) is 4.57 Å². The van der Waals surface area contributed by atoms with Gasteiger partial charge in [0, 0.05) is 37.3 Å². The first-order valence-electron chi connectivity index (χ1n) is 11.0. The van der Waals surface area contributed by atoms with Crippen LogP contribution in [0.1, 0.15) is 0 Å². The van der Waals surface area contributed by atoms with Gasteiger partial charge in [0.1, 0.15) is 11.2 Å². The molecule has 0 aliphatic rings. The Morgan fingerprint density at radius 3 is 2.24 bits per heavy atom. The Balaban J connectivity index is 1.53. The van der Waals surface area contributed by atoms with Crippen LogP contribution < -0.4 is 0 Å². The lowest BCUT2D eigenvalue weighted by atomic mass is 10.0. The van der Waals surface area contributed by atoms with Crippen molar-refractivity contribution >= 4 is 59.7 Å². The molecular weight excluding hydrogens is 470 g/mol. The number of benzene rings is 5. The van der Waals surface area contributed by atoms with E-state index in [1.807, 2.05) is 12.1 Å². The fourth-order valence-corrected chi connectivity index (χ4v) is 5.40. The number of furan rings is 1. The number of nitrogens with zero attached hydrogens (tertiary/aromatic N) is 1. The predicted octanol–water partition coefficient (Wildman–Crippen LogP) is 9.11. The minimum atomic E-state index is 0.923. The predicted molar refractivity (Wildman–Crippen MR) is 141 cm³/mol. The molecule has 0 fully saturated rings. The van der Waals surface area contributed by atoms with Gasteiger partial charge in [0.05, 0.1) is 11.0 Å². The van der Waals surface area contributed by atoms with Gasteiger partial charge in [0.2, 0.25) is 0 Å². The third-order valence-electron chi connectivity index (χ3n) is 6.45. The van der Waals surface area contributed by atoms with Crippen LogP contribution in [0.15, 0.2) is 118 Å². The summed E-state index contributed by atoms with van der Waals surface area (Å²) in [6.07, 6.45) is 0. The van der Waals surface area contributed by atoms with Gasteiger partial charge < -0.3 is 8.98 Å². The molecule has 2 aromatic heterocycles. The van der Waals surface area contributed by atoms with E-state index >= 15 is 0 Å². The van der Waals surface area contributed by atoms with Gasteiger partial charge in [-0.15, -0.1) is 0 Å². The number of para-hydroxylation sites is 3. The maximum Gasteiger partial charge on any atom is 0.143 e. The summed E-state index contributed by atoms with van der Waals surface area (Å²) in [6.45, 7) is 0. The molecule has 0 N–H and O–H groups in total. The summed E-state index contributed by atoms with van der Waals surface area (Å²) < 4.78 is 9.72. The summed E-state index contributed by atoms with van der Waals surface area (Å²) in [6, 6.07) is 38.5. The van der Waals surface area contributed by atoms with E-state index in [1.165, 1.54) is 21.8 Å². The van der Waals surface area contributed by atoms with Gasteiger partial charge in [0.25, 0.3) is 0 Å². The minimum absolute atomic E-state index is 0.923. The molecule has 0 saturated heterocycles. The number of hydrogen-bond donors (Lipinski definition) is 0. The Morgan fingerprint density at radius 1 is 0.576 bits per heavy atom.